The van der Waals surface area contributed by atoms with Crippen molar-refractivity contribution in [1.82, 2.24) is 5.32 Å². The summed E-state index contributed by atoms with van der Waals surface area (Å²) >= 11 is 3.49. The molecule has 3 nitrogen and oxygen atoms in total. The van der Waals surface area contributed by atoms with Crippen molar-refractivity contribution in [3.8, 4) is 11.5 Å². The SMILES string of the molecule is CCCCNCc1cc(Br)c(OC)c(OC)c1.Cl. The van der Waals surface area contributed by atoms with Gasteiger partial charge in [-0.2, -0.15) is 0 Å². The maximum absolute atomic E-state index is 5.30. The third-order valence-corrected chi connectivity index (χ3v) is 3.12. The molecule has 0 atom stereocenters. The number of halogens is 2. The van der Waals surface area contributed by atoms with E-state index in [0.29, 0.717) is 0 Å². The lowest BCUT2D eigenvalue weighted by molar-refractivity contribution is 0.352. The van der Waals surface area contributed by atoms with Crippen molar-refractivity contribution in [3.05, 3.63) is 22.2 Å². The maximum atomic E-state index is 5.30. The van der Waals surface area contributed by atoms with Crippen LogP contribution in [0.5, 0.6) is 11.5 Å². The number of unbranched alkanes of at least 4 members (excludes halogenated alkanes) is 1. The van der Waals surface area contributed by atoms with Crippen molar-refractivity contribution in [2.24, 2.45) is 0 Å². The number of nitrogens with one attached hydrogen (secondary N) is 1. The summed E-state index contributed by atoms with van der Waals surface area (Å²) in [5.41, 5.74) is 1.19. The first-order valence-corrected chi connectivity index (χ1v) is 6.63. The summed E-state index contributed by atoms with van der Waals surface area (Å²) in [6.07, 6.45) is 2.41. The lowest BCUT2D eigenvalue weighted by Gasteiger charge is -2.12. The van der Waals surface area contributed by atoms with Gasteiger partial charge in [0, 0.05) is 6.54 Å². The fraction of sp³-hybridized carbons (Fsp3) is 0.538. The summed E-state index contributed by atoms with van der Waals surface area (Å²) in [6.45, 7) is 4.08. The molecule has 18 heavy (non-hydrogen) atoms. The van der Waals surface area contributed by atoms with Crippen LogP contribution in [0, 0.1) is 0 Å². The molecule has 0 saturated carbocycles. The van der Waals surface area contributed by atoms with Gasteiger partial charge in [-0.1, -0.05) is 13.3 Å². The molecule has 0 saturated heterocycles. The summed E-state index contributed by atoms with van der Waals surface area (Å²) in [4.78, 5) is 0. The Kier molecular flexibility index (Phi) is 9.24. The van der Waals surface area contributed by atoms with E-state index in [1.165, 1.54) is 18.4 Å². The molecule has 0 spiro atoms. The molecule has 1 N–H and O–H groups in total. The van der Waals surface area contributed by atoms with E-state index < -0.39 is 0 Å². The van der Waals surface area contributed by atoms with Gasteiger partial charge in [0.25, 0.3) is 0 Å². The fourth-order valence-electron chi connectivity index (χ4n) is 1.61. The Labute approximate surface area is 124 Å². The Hall–Kier alpha value is -0.450. The molecule has 0 aliphatic carbocycles. The third kappa shape index (κ3) is 5.04. The zero-order valence-corrected chi connectivity index (χ0v) is 13.5. The van der Waals surface area contributed by atoms with Gasteiger partial charge in [-0.3, -0.25) is 0 Å². The molecule has 0 unspecified atom stereocenters. The molecular weight excluding hydrogens is 318 g/mol. The van der Waals surface area contributed by atoms with Gasteiger partial charge in [-0.15, -0.1) is 12.4 Å². The second kappa shape index (κ2) is 9.48. The normalized spacial score (nSPS) is 9.78. The van der Waals surface area contributed by atoms with Crippen molar-refractivity contribution in [1.29, 1.82) is 0 Å². The minimum absolute atomic E-state index is 0. The minimum atomic E-state index is 0. The monoisotopic (exact) mass is 337 g/mol. The second-order valence-corrected chi connectivity index (χ2v) is 4.70. The van der Waals surface area contributed by atoms with E-state index in [2.05, 4.69) is 34.2 Å². The summed E-state index contributed by atoms with van der Waals surface area (Å²) in [7, 11) is 3.29. The first kappa shape index (κ1) is 17.6. The smallest absolute Gasteiger partial charge is 0.174 e. The lowest BCUT2D eigenvalue weighted by atomic mass is 10.2. The van der Waals surface area contributed by atoms with Gasteiger partial charge < -0.3 is 14.8 Å². The lowest BCUT2D eigenvalue weighted by Crippen LogP contribution is -2.14. The first-order chi connectivity index (χ1) is 8.22. The average Bonchev–Trinajstić information content (AvgIpc) is 2.34. The van der Waals surface area contributed by atoms with Crippen LogP contribution in [0.15, 0.2) is 16.6 Å². The number of benzene rings is 1. The molecule has 0 amide bonds. The third-order valence-electron chi connectivity index (χ3n) is 2.53. The standard InChI is InChI=1S/C13H20BrNO2.ClH/c1-4-5-6-15-9-10-7-11(14)13(17-3)12(8-10)16-2;/h7-8,15H,4-6,9H2,1-3H3;1H. The van der Waals surface area contributed by atoms with Crippen LogP contribution in [0.4, 0.5) is 0 Å². The molecule has 1 rings (SSSR count). The van der Waals surface area contributed by atoms with Crippen molar-refractivity contribution < 1.29 is 9.47 Å². The summed E-state index contributed by atoms with van der Waals surface area (Å²) in [6, 6.07) is 4.06. The number of hydrogen-bond acceptors (Lipinski definition) is 3. The Morgan fingerprint density at radius 2 is 1.94 bits per heavy atom. The van der Waals surface area contributed by atoms with Gasteiger partial charge in [0.2, 0.25) is 0 Å². The Bertz CT molecular complexity index is 361. The zero-order chi connectivity index (χ0) is 12.7. The Morgan fingerprint density at radius 3 is 2.50 bits per heavy atom. The summed E-state index contributed by atoms with van der Waals surface area (Å²) < 4.78 is 11.5. The number of rotatable bonds is 7. The van der Waals surface area contributed by atoms with E-state index in [1.54, 1.807) is 14.2 Å². The van der Waals surface area contributed by atoms with Crippen LogP contribution < -0.4 is 14.8 Å². The highest BCUT2D eigenvalue weighted by Gasteiger charge is 2.09. The molecule has 0 fully saturated rings. The number of methoxy groups -OCH3 is 2. The molecule has 104 valence electrons. The topological polar surface area (TPSA) is 30.5 Å². The molecule has 1 aromatic carbocycles. The largest absolute Gasteiger partial charge is 0.493 e. The molecule has 0 aromatic heterocycles. The van der Waals surface area contributed by atoms with E-state index in [-0.39, 0.29) is 12.4 Å². The van der Waals surface area contributed by atoms with Crippen molar-refractivity contribution in [2.45, 2.75) is 26.3 Å². The quantitative estimate of drug-likeness (QED) is 0.768. The van der Waals surface area contributed by atoms with Crippen molar-refractivity contribution in [3.63, 3.8) is 0 Å². The van der Waals surface area contributed by atoms with Crippen LogP contribution >= 0.6 is 28.3 Å². The van der Waals surface area contributed by atoms with E-state index in [9.17, 15) is 0 Å². The molecular formula is C13H21BrClNO2. The van der Waals surface area contributed by atoms with Gasteiger partial charge in [0.1, 0.15) is 0 Å². The number of hydrogen-bond donors (Lipinski definition) is 1. The van der Waals surface area contributed by atoms with Crippen LogP contribution in [0.25, 0.3) is 0 Å². The van der Waals surface area contributed by atoms with Gasteiger partial charge in [-0.05, 0) is 46.6 Å². The molecule has 0 bridgehead atoms. The molecule has 0 heterocycles. The predicted molar refractivity (Wildman–Crippen MR) is 81.1 cm³/mol. The van der Waals surface area contributed by atoms with Crippen LogP contribution in [-0.4, -0.2) is 20.8 Å². The average molecular weight is 339 g/mol. The molecule has 1 aromatic rings. The van der Waals surface area contributed by atoms with Gasteiger partial charge in [-0.25, -0.2) is 0 Å². The van der Waals surface area contributed by atoms with Crippen LogP contribution in [-0.2, 0) is 6.54 Å². The van der Waals surface area contributed by atoms with E-state index in [4.69, 9.17) is 9.47 Å². The van der Waals surface area contributed by atoms with Crippen LogP contribution in [0.3, 0.4) is 0 Å². The van der Waals surface area contributed by atoms with Crippen LogP contribution in [0.1, 0.15) is 25.3 Å². The first-order valence-electron chi connectivity index (χ1n) is 5.84. The molecule has 0 aliphatic heterocycles. The van der Waals surface area contributed by atoms with Gasteiger partial charge >= 0.3 is 0 Å². The predicted octanol–water partition coefficient (Wildman–Crippen LogP) is 3.78. The maximum Gasteiger partial charge on any atom is 0.174 e. The molecule has 5 heteroatoms. The van der Waals surface area contributed by atoms with Gasteiger partial charge in [0.15, 0.2) is 11.5 Å². The molecule has 0 aliphatic rings. The van der Waals surface area contributed by atoms with E-state index in [1.807, 2.05) is 6.07 Å². The van der Waals surface area contributed by atoms with E-state index in [0.717, 1.165) is 29.1 Å². The van der Waals surface area contributed by atoms with Crippen molar-refractivity contribution in [2.75, 3.05) is 20.8 Å². The van der Waals surface area contributed by atoms with Crippen LogP contribution in [0.2, 0.25) is 0 Å². The molecule has 0 radical (unpaired) electrons. The minimum Gasteiger partial charge on any atom is -0.493 e. The second-order valence-electron chi connectivity index (χ2n) is 3.84. The highest BCUT2D eigenvalue weighted by molar-refractivity contribution is 9.10. The summed E-state index contributed by atoms with van der Waals surface area (Å²) in [5, 5.41) is 3.40. The highest BCUT2D eigenvalue weighted by Crippen LogP contribution is 2.36. The van der Waals surface area contributed by atoms with Gasteiger partial charge in [0.05, 0.1) is 18.7 Å². The number of ether oxygens (including phenoxy) is 2. The summed E-state index contributed by atoms with van der Waals surface area (Å²) in [5.74, 6) is 1.50. The fourth-order valence-corrected chi connectivity index (χ4v) is 2.26. The highest BCUT2D eigenvalue weighted by atomic mass is 79.9. The zero-order valence-electron chi connectivity index (χ0n) is 11.1. The van der Waals surface area contributed by atoms with Crippen molar-refractivity contribution >= 4 is 28.3 Å². The van der Waals surface area contributed by atoms with E-state index >= 15 is 0 Å². The Balaban J connectivity index is 0.00000289. The Morgan fingerprint density at radius 1 is 1.22 bits per heavy atom.